The molecule has 2 heterocycles. The molecule has 0 spiro atoms. The Hall–Kier alpha value is -0.620. The van der Waals surface area contributed by atoms with Crippen LogP contribution in [0.2, 0.25) is 0 Å². The van der Waals surface area contributed by atoms with Gasteiger partial charge in [0.05, 0.1) is 5.52 Å². The first-order chi connectivity index (χ1) is 8.24. The van der Waals surface area contributed by atoms with Crippen molar-refractivity contribution < 1.29 is 0 Å². The van der Waals surface area contributed by atoms with Gasteiger partial charge < -0.3 is 4.90 Å². The van der Waals surface area contributed by atoms with E-state index in [-0.39, 0.29) is 0 Å². The Balaban J connectivity index is 1.97. The van der Waals surface area contributed by atoms with E-state index in [1.54, 1.807) is 0 Å². The van der Waals surface area contributed by atoms with Crippen LogP contribution in [-0.4, -0.2) is 35.2 Å². The summed E-state index contributed by atoms with van der Waals surface area (Å²) in [4.78, 5) is 2.40. The minimum Gasteiger partial charge on any atom is -0.306 e. The van der Waals surface area contributed by atoms with Gasteiger partial charge >= 0.3 is 0 Å². The molecule has 1 aliphatic heterocycles. The third-order valence-corrected chi connectivity index (χ3v) is 4.34. The molecule has 1 saturated heterocycles. The van der Waals surface area contributed by atoms with Crippen LogP contribution in [0.4, 0.5) is 0 Å². The number of fused-ring (bicyclic) bond motifs is 1. The van der Waals surface area contributed by atoms with Crippen molar-refractivity contribution in [1.82, 2.24) is 15.1 Å². The van der Waals surface area contributed by atoms with Crippen LogP contribution in [-0.2, 0) is 0 Å². The van der Waals surface area contributed by atoms with Crippen molar-refractivity contribution in [2.24, 2.45) is 0 Å². The highest BCUT2D eigenvalue weighted by molar-refractivity contribution is 14.1. The van der Waals surface area contributed by atoms with Crippen molar-refractivity contribution >= 4 is 33.5 Å². The molecule has 1 aromatic heterocycles. The molecule has 1 N–H and O–H groups in total. The number of aromatic nitrogens is 2. The van der Waals surface area contributed by atoms with Gasteiger partial charge in [-0.3, -0.25) is 5.10 Å². The number of hydrogen-bond acceptors (Lipinski definition) is 2. The van der Waals surface area contributed by atoms with Gasteiger partial charge in [0.2, 0.25) is 0 Å². The monoisotopic (exact) mass is 341 g/mol. The minimum absolute atomic E-state index is 0.648. The predicted octanol–water partition coefficient (Wildman–Crippen LogP) is 2.98. The van der Waals surface area contributed by atoms with Crippen LogP contribution in [0, 0.1) is 3.57 Å². The summed E-state index contributed by atoms with van der Waals surface area (Å²) in [5.41, 5.74) is 2.44. The highest BCUT2D eigenvalue weighted by Crippen LogP contribution is 2.31. The van der Waals surface area contributed by atoms with Crippen LogP contribution in [0.3, 0.4) is 0 Å². The molecule has 1 aliphatic rings. The first-order valence-electron chi connectivity index (χ1n) is 6.06. The fraction of sp³-hybridized carbons (Fsp3) is 0.462. The summed E-state index contributed by atoms with van der Waals surface area (Å²) in [6.07, 6.45) is 2.47. The Labute approximate surface area is 115 Å². The van der Waals surface area contributed by atoms with Gasteiger partial charge in [0.1, 0.15) is 0 Å². The van der Waals surface area contributed by atoms with Gasteiger partial charge in [0.15, 0.2) is 0 Å². The Morgan fingerprint density at radius 1 is 1.35 bits per heavy atom. The van der Waals surface area contributed by atoms with E-state index in [0.717, 1.165) is 5.52 Å². The van der Waals surface area contributed by atoms with Crippen LogP contribution in [0.1, 0.15) is 24.5 Å². The van der Waals surface area contributed by atoms with Gasteiger partial charge in [0.25, 0.3) is 0 Å². The predicted molar refractivity (Wildman–Crippen MR) is 78.3 cm³/mol. The fourth-order valence-corrected chi connectivity index (χ4v) is 3.10. The summed E-state index contributed by atoms with van der Waals surface area (Å²) in [6, 6.07) is 6.46. The van der Waals surface area contributed by atoms with Crippen LogP contribution in [0.25, 0.3) is 10.9 Å². The van der Waals surface area contributed by atoms with Gasteiger partial charge in [-0.05, 0) is 73.8 Å². The number of piperidine rings is 1. The van der Waals surface area contributed by atoms with Gasteiger partial charge in [-0.2, -0.15) is 5.10 Å². The molecule has 0 saturated carbocycles. The molecule has 17 heavy (non-hydrogen) atoms. The van der Waals surface area contributed by atoms with Crippen LogP contribution in [0.5, 0.6) is 0 Å². The summed E-state index contributed by atoms with van der Waals surface area (Å²) < 4.78 is 1.28. The average molecular weight is 341 g/mol. The standard InChI is InChI=1S/C13H16IN3/c1-17-6-4-9(5-7-17)13-11-8-10(14)2-3-12(11)15-16-13/h2-3,8-9H,4-7H2,1H3,(H,15,16). The summed E-state index contributed by atoms with van der Waals surface area (Å²) in [6.45, 7) is 2.38. The zero-order valence-corrected chi connectivity index (χ0v) is 12.1. The topological polar surface area (TPSA) is 31.9 Å². The first kappa shape index (κ1) is 11.5. The van der Waals surface area contributed by atoms with E-state index >= 15 is 0 Å². The van der Waals surface area contributed by atoms with E-state index in [1.807, 2.05) is 0 Å². The smallest absolute Gasteiger partial charge is 0.0924 e. The molecule has 1 aromatic carbocycles. The number of benzene rings is 1. The number of aromatic amines is 1. The molecule has 0 bridgehead atoms. The van der Waals surface area contributed by atoms with Gasteiger partial charge in [-0.25, -0.2) is 0 Å². The Kier molecular flexibility index (Phi) is 3.08. The van der Waals surface area contributed by atoms with E-state index in [2.05, 4.69) is 62.9 Å². The summed E-state index contributed by atoms with van der Waals surface area (Å²) in [5, 5.41) is 8.98. The van der Waals surface area contributed by atoms with E-state index in [1.165, 1.54) is 40.6 Å². The fourth-order valence-electron chi connectivity index (χ4n) is 2.61. The lowest BCUT2D eigenvalue weighted by Crippen LogP contribution is -2.29. The summed E-state index contributed by atoms with van der Waals surface area (Å²) >= 11 is 2.37. The van der Waals surface area contributed by atoms with Crippen LogP contribution < -0.4 is 0 Å². The Morgan fingerprint density at radius 2 is 2.12 bits per heavy atom. The lowest BCUT2D eigenvalue weighted by molar-refractivity contribution is 0.254. The van der Waals surface area contributed by atoms with E-state index in [0.29, 0.717) is 5.92 Å². The third-order valence-electron chi connectivity index (χ3n) is 3.67. The normalized spacial score (nSPS) is 18.9. The second-order valence-electron chi connectivity index (χ2n) is 4.88. The first-order valence-corrected chi connectivity index (χ1v) is 7.14. The van der Waals surface area contributed by atoms with Crippen LogP contribution in [0.15, 0.2) is 18.2 Å². The largest absolute Gasteiger partial charge is 0.306 e. The van der Waals surface area contributed by atoms with Crippen molar-refractivity contribution in [1.29, 1.82) is 0 Å². The lowest BCUT2D eigenvalue weighted by Gasteiger charge is -2.28. The average Bonchev–Trinajstić information content (AvgIpc) is 2.73. The number of likely N-dealkylation sites (tertiary alicyclic amines) is 1. The molecule has 0 atom stereocenters. The highest BCUT2D eigenvalue weighted by atomic mass is 127. The molecule has 0 radical (unpaired) electrons. The molecular weight excluding hydrogens is 325 g/mol. The molecular formula is C13H16IN3. The van der Waals surface area contributed by atoms with E-state index < -0.39 is 0 Å². The molecule has 90 valence electrons. The highest BCUT2D eigenvalue weighted by Gasteiger charge is 2.21. The van der Waals surface area contributed by atoms with Crippen molar-refractivity contribution in [3.63, 3.8) is 0 Å². The number of nitrogens with zero attached hydrogens (tertiary/aromatic N) is 2. The molecule has 1 fully saturated rings. The van der Waals surface area contributed by atoms with Crippen molar-refractivity contribution in [2.75, 3.05) is 20.1 Å². The number of H-pyrrole nitrogens is 1. The molecule has 3 rings (SSSR count). The lowest BCUT2D eigenvalue weighted by atomic mass is 9.92. The molecule has 0 unspecified atom stereocenters. The third kappa shape index (κ3) is 2.20. The minimum atomic E-state index is 0.648. The number of hydrogen-bond donors (Lipinski definition) is 1. The zero-order valence-electron chi connectivity index (χ0n) is 9.91. The van der Waals surface area contributed by atoms with Gasteiger partial charge in [-0.1, -0.05) is 0 Å². The second-order valence-corrected chi connectivity index (χ2v) is 6.12. The van der Waals surface area contributed by atoms with Crippen molar-refractivity contribution in [3.05, 3.63) is 27.5 Å². The molecule has 4 heteroatoms. The maximum absolute atomic E-state index is 4.41. The molecule has 0 amide bonds. The molecule has 3 nitrogen and oxygen atoms in total. The van der Waals surface area contributed by atoms with E-state index in [4.69, 9.17) is 0 Å². The van der Waals surface area contributed by atoms with Crippen LogP contribution >= 0.6 is 22.6 Å². The number of nitrogens with one attached hydrogen (secondary N) is 1. The SMILES string of the molecule is CN1CCC(c2[nH]nc3ccc(I)cc23)CC1. The Morgan fingerprint density at radius 3 is 2.88 bits per heavy atom. The zero-order chi connectivity index (χ0) is 11.8. The quantitative estimate of drug-likeness (QED) is 0.809. The maximum Gasteiger partial charge on any atom is 0.0924 e. The van der Waals surface area contributed by atoms with Crippen molar-refractivity contribution in [2.45, 2.75) is 18.8 Å². The van der Waals surface area contributed by atoms with Crippen molar-refractivity contribution in [3.8, 4) is 0 Å². The Bertz CT molecular complexity index is 526. The maximum atomic E-state index is 4.41. The second kappa shape index (κ2) is 4.57. The van der Waals surface area contributed by atoms with Gasteiger partial charge in [0, 0.05) is 20.6 Å². The number of halogens is 1. The van der Waals surface area contributed by atoms with Gasteiger partial charge in [-0.15, -0.1) is 0 Å². The summed E-state index contributed by atoms with van der Waals surface area (Å²) in [5.74, 6) is 0.648. The van der Waals surface area contributed by atoms with E-state index in [9.17, 15) is 0 Å². The number of rotatable bonds is 1. The summed E-state index contributed by atoms with van der Waals surface area (Å²) in [7, 11) is 2.20. The molecule has 0 aliphatic carbocycles. The molecule has 2 aromatic rings.